The fourth-order valence-electron chi connectivity index (χ4n) is 3.73. The second-order valence-electron chi connectivity index (χ2n) is 7.74. The summed E-state index contributed by atoms with van der Waals surface area (Å²) in [6, 6.07) is -0.817. The molecule has 1 atom stereocenters. The number of carbonyl (C=O) groups is 2. The lowest BCUT2D eigenvalue weighted by Gasteiger charge is -2.39. The molecule has 1 aromatic heterocycles. The van der Waals surface area contributed by atoms with Gasteiger partial charge < -0.3 is 9.80 Å². The number of hydrogen-bond acceptors (Lipinski definition) is 5. The summed E-state index contributed by atoms with van der Waals surface area (Å²) in [5.41, 5.74) is 2.00. The molecule has 28 heavy (non-hydrogen) atoms. The summed E-state index contributed by atoms with van der Waals surface area (Å²) < 4.78 is 37.3. The van der Waals surface area contributed by atoms with Gasteiger partial charge in [-0.3, -0.25) is 14.6 Å². The number of amides is 2. The fraction of sp³-hybridized carbons (Fsp3) is 0.526. The minimum absolute atomic E-state index is 0.0125. The first kappa shape index (κ1) is 20.4. The highest BCUT2D eigenvalue weighted by Gasteiger charge is 2.42. The summed E-state index contributed by atoms with van der Waals surface area (Å²) in [5, 5.41) is 0. The number of pyridine rings is 1. The first-order valence-electron chi connectivity index (χ1n) is 9.11. The molecule has 0 spiro atoms. The van der Waals surface area contributed by atoms with E-state index in [-0.39, 0.29) is 36.6 Å². The molecule has 1 aliphatic carbocycles. The van der Waals surface area contributed by atoms with Crippen molar-refractivity contribution in [3.63, 3.8) is 0 Å². The Morgan fingerprint density at radius 3 is 2.68 bits per heavy atom. The summed E-state index contributed by atoms with van der Waals surface area (Å²) in [5.74, 6) is -1.56. The smallest absolute Gasteiger partial charge is 0.255 e. The molecule has 1 aromatic rings. The largest absolute Gasteiger partial charge is 0.343 e. The third kappa shape index (κ3) is 3.67. The van der Waals surface area contributed by atoms with Crippen LogP contribution in [0.25, 0.3) is 5.57 Å². The standard InChI is InChI=1S/C19H24FN3O4S/c1-11(2)17(19(25)22(3)7-8-28(4,26)27)23-10-13-14(20)9-21-15-6-5-12(16(13)15)18(23)24/h5,9,11,17H,6-8,10H2,1-4H3/t17-/m1/s1. The minimum atomic E-state index is -3.23. The summed E-state index contributed by atoms with van der Waals surface area (Å²) in [6.07, 6.45) is 4.46. The van der Waals surface area contributed by atoms with E-state index in [4.69, 9.17) is 0 Å². The minimum Gasteiger partial charge on any atom is -0.343 e. The van der Waals surface area contributed by atoms with Crippen molar-refractivity contribution in [2.24, 2.45) is 5.92 Å². The topological polar surface area (TPSA) is 87.7 Å². The number of carbonyl (C=O) groups excluding carboxylic acids is 2. The van der Waals surface area contributed by atoms with E-state index >= 15 is 0 Å². The van der Waals surface area contributed by atoms with Gasteiger partial charge in [-0.15, -0.1) is 0 Å². The SMILES string of the molecule is CC(C)[C@H](C(=O)N(C)CCS(C)(=O)=O)N1Cc2c(F)cnc3c2C(=CC3)C1=O. The van der Waals surface area contributed by atoms with Crippen LogP contribution in [0.15, 0.2) is 12.3 Å². The van der Waals surface area contributed by atoms with Gasteiger partial charge in [0.15, 0.2) is 0 Å². The zero-order chi connectivity index (χ0) is 20.8. The molecule has 1 aliphatic heterocycles. The molecule has 7 nitrogen and oxygen atoms in total. The van der Waals surface area contributed by atoms with Crippen LogP contribution in [-0.2, 0) is 32.4 Å². The maximum Gasteiger partial charge on any atom is 0.255 e. The summed E-state index contributed by atoms with van der Waals surface area (Å²) in [4.78, 5) is 33.0. The summed E-state index contributed by atoms with van der Waals surface area (Å²) in [6.45, 7) is 3.65. The van der Waals surface area contributed by atoms with Crippen molar-refractivity contribution in [2.75, 3.05) is 25.6 Å². The Morgan fingerprint density at radius 1 is 1.39 bits per heavy atom. The van der Waals surface area contributed by atoms with Gasteiger partial charge in [-0.25, -0.2) is 12.8 Å². The zero-order valence-corrected chi connectivity index (χ0v) is 17.2. The van der Waals surface area contributed by atoms with Crippen LogP contribution < -0.4 is 0 Å². The van der Waals surface area contributed by atoms with Crippen LogP contribution in [0.4, 0.5) is 4.39 Å². The Labute approximate surface area is 164 Å². The highest BCUT2D eigenvalue weighted by atomic mass is 32.2. The maximum atomic E-state index is 14.4. The lowest BCUT2D eigenvalue weighted by molar-refractivity contribution is -0.145. The molecular formula is C19H24FN3O4S. The van der Waals surface area contributed by atoms with Crippen LogP contribution in [0.5, 0.6) is 0 Å². The van der Waals surface area contributed by atoms with Gasteiger partial charge in [-0.2, -0.15) is 0 Å². The summed E-state index contributed by atoms with van der Waals surface area (Å²) in [7, 11) is -1.71. The molecular weight excluding hydrogens is 385 g/mol. The molecule has 3 rings (SSSR count). The number of nitrogens with zero attached hydrogens (tertiary/aromatic N) is 3. The summed E-state index contributed by atoms with van der Waals surface area (Å²) >= 11 is 0. The van der Waals surface area contributed by atoms with Crippen molar-refractivity contribution >= 4 is 27.2 Å². The van der Waals surface area contributed by atoms with E-state index < -0.39 is 21.7 Å². The molecule has 2 heterocycles. The van der Waals surface area contributed by atoms with Gasteiger partial charge in [-0.05, 0) is 5.92 Å². The molecule has 0 bridgehead atoms. The highest BCUT2D eigenvalue weighted by Crippen LogP contribution is 2.38. The monoisotopic (exact) mass is 409 g/mol. The molecule has 2 aliphatic rings. The van der Waals surface area contributed by atoms with E-state index in [0.29, 0.717) is 28.8 Å². The van der Waals surface area contributed by atoms with Gasteiger partial charge >= 0.3 is 0 Å². The molecule has 0 unspecified atom stereocenters. The van der Waals surface area contributed by atoms with Crippen molar-refractivity contribution in [2.45, 2.75) is 32.9 Å². The van der Waals surface area contributed by atoms with Gasteiger partial charge in [0.1, 0.15) is 21.7 Å². The van der Waals surface area contributed by atoms with Crippen molar-refractivity contribution in [3.8, 4) is 0 Å². The van der Waals surface area contributed by atoms with Crippen molar-refractivity contribution in [3.05, 3.63) is 34.9 Å². The van der Waals surface area contributed by atoms with Crippen LogP contribution in [0.1, 0.15) is 30.7 Å². The Bertz CT molecular complexity index is 972. The number of sulfone groups is 1. The predicted molar refractivity (Wildman–Crippen MR) is 102 cm³/mol. The fourth-order valence-corrected chi connectivity index (χ4v) is 4.34. The lowest BCUT2D eigenvalue weighted by atomic mass is 9.92. The average Bonchev–Trinajstić information content (AvgIpc) is 3.03. The molecule has 0 radical (unpaired) electrons. The van der Waals surface area contributed by atoms with Crippen molar-refractivity contribution < 1.29 is 22.4 Å². The third-order valence-corrected chi connectivity index (χ3v) is 6.12. The van der Waals surface area contributed by atoms with E-state index in [9.17, 15) is 22.4 Å². The number of likely N-dealkylation sites (N-methyl/N-ethyl adjacent to an activating group) is 1. The zero-order valence-electron chi connectivity index (χ0n) is 16.4. The molecule has 152 valence electrons. The Kier molecular flexibility index (Phi) is 5.31. The van der Waals surface area contributed by atoms with Gasteiger partial charge in [0, 0.05) is 43.0 Å². The Hall–Kier alpha value is -2.29. The highest BCUT2D eigenvalue weighted by molar-refractivity contribution is 7.90. The van der Waals surface area contributed by atoms with E-state index in [1.165, 1.54) is 16.8 Å². The lowest BCUT2D eigenvalue weighted by Crippen LogP contribution is -2.54. The molecule has 0 N–H and O–H groups in total. The molecule has 2 amide bonds. The van der Waals surface area contributed by atoms with Crippen LogP contribution in [-0.4, -0.2) is 66.7 Å². The Balaban J connectivity index is 1.92. The van der Waals surface area contributed by atoms with Crippen LogP contribution in [0, 0.1) is 11.7 Å². The number of rotatable bonds is 6. The number of aromatic nitrogens is 1. The normalized spacial score (nSPS) is 16.9. The van der Waals surface area contributed by atoms with E-state index in [1.54, 1.807) is 6.08 Å². The molecule has 0 fully saturated rings. The van der Waals surface area contributed by atoms with E-state index in [2.05, 4.69) is 4.98 Å². The molecule has 0 aromatic carbocycles. The Morgan fingerprint density at radius 2 is 2.07 bits per heavy atom. The molecule has 0 saturated heterocycles. The number of halogens is 1. The van der Waals surface area contributed by atoms with E-state index in [1.807, 2.05) is 13.8 Å². The maximum absolute atomic E-state index is 14.4. The van der Waals surface area contributed by atoms with Gasteiger partial charge in [0.05, 0.1) is 24.2 Å². The number of hydrogen-bond donors (Lipinski definition) is 0. The van der Waals surface area contributed by atoms with Crippen LogP contribution >= 0.6 is 0 Å². The predicted octanol–water partition coefficient (Wildman–Crippen LogP) is 1.03. The molecule has 9 heteroatoms. The first-order valence-corrected chi connectivity index (χ1v) is 11.2. The number of allylic oxidation sites excluding steroid dienone is 1. The van der Waals surface area contributed by atoms with Crippen molar-refractivity contribution in [1.82, 2.24) is 14.8 Å². The molecule has 0 saturated carbocycles. The quantitative estimate of drug-likeness (QED) is 0.700. The van der Waals surface area contributed by atoms with Crippen LogP contribution in [0.2, 0.25) is 0 Å². The second-order valence-corrected chi connectivity index (χ2v) is 10.00. The van der Waals surface area contributed by atoms with Crippen LogP contribution in [0.3, 0.4) is 0 Å². The van der Waals surface area contributed by atoms with Gasteiger partial charge in [0.2, 0.25) is 5.91 Å². The van der Waals surface area contributed by atoms with Crippen molar-refractivity contribution in [1.29, 1.82) is 0 Å². The van der Waals surface area contributed by atoms with Gasteiger partial charge in [-0.1, -0.05) is 19.9 Å². The first-order chi connectivity index (χ1) is 13.0. The van der Waals surface area contributed by atoms with Gasteiger partial charge in [0.25, 0.3) is 5.91 Å². The average molecular weight is 409 g/mol. The third-order valence-electron chi connectivity index (χ3n) is 5.19. The second kappa shape index (κ2) is 7.27. The van der Waals surface area contributed by atoms with E-state index in [0.717, 1.165) is 12.5 Å².